The molecular weight excluding hydrogens is 398 g/mol. The van der Waals surface area contributed by atoms with Crippen molar-refractivity contribution in [1.82, 2.24) is 25.0 Å². The Bertz CT molecular complexity index is 1140. The molecule has 30 heavy (non-hydrogen) atoms. The van der Waals surface area contributed by atoms with Gasteiger partial charge in [0.05, 0.1) is 17.9 Å². The molecule has 0 amide bonds. The van der Waals surface area contributed by atoms with Gasteiger partial charge in [0.1, 0.15) is 5.75 Å². The summed E-state index contributed by atoms with van der Waals surface area (Å²) in [5.41, 5.74) is 1.76. The van der Waals surface area contributed by atoms with Crippen molar-refractivity contribution >= 4 is 11.8 Å². The molecule has 0 bridgehead atoms. The van der Waals surface area contributed by atoms with Gasteiger partial charge in [0.2, 0.25) is 11.8 Å². The van der Waals surface area contributed by atoms with E-state index in [4.69, 9.17) is 9.15 Å². The molecule has 0 aliphatic heterocycles. The maximum Gasteiger partial charge on any atom is 0.247 e. The Morgan fingerprint density at radius 3 is 2.60 bits per heavy atom. The number of thioether (sulfide) groups is 1. The Hall–Kier alpha value is -3.39. The van der Waals surface area contributed by atoms with Crippen molar-refractivity contribution in [3.63, 3.8) is 0 Å². The van der Waals surface area contributed by atoms with Crippen LogP contribution in [0.2, 0.25) is 0 Å². The number of ether oxygens (including phenoxy) is 1. The summed E-state index contributed by atoms with van der Waals surface area (Å²) in [6.07, 6.45) is 1.82. The van der Waals surface area contributed by atoms with Crippen molar-refractivity contribution in [3.8, 4) is 28.6 Å². The topological polar surface area (TPSA) is 78.9 Å². The molecule has 0 N–H and O–H groups in total. The molecule has 0 spiro atoms. The third-order valence-corrected chi connectivity index (χ3v) is 5.54. The van der Waals surface area contributed by atoms with Crippen LogP contribution in [-0.4, -0.2) is 32.1 Å². The average molecular weight is 420 g/mol. The van der Waals surface area contributed by atoms with E-state index < -0.39 is 0 Å². The number of rotatable bonds is 8. The smallest absolute Gasteiger partial charge is 0.247 e. The van der Waals surface area contributed by atoms with Crippen LogP contribution in [0.3, 0.4) is 0 Å². The van der Waals surface area contributed by atoms with Crippen LogP contribution in [-0.2, 0) is 6.54 Å². The maximum absolute atomic E-state index is 5.89. The first-order valence-electron chi connectivity index (χ1n) is 9.44. The fourth-order valence-electron chi connectivity index (χ4n) is 3.00. The van der Waals surface area contributed by atoms with E-state index in [2.05, 4.69) is 27.0 Å². The van der Waals surface area contributed by atoms with Crippen molar-refractivity contribution in [1.29, 1.82) is 0 Å². The maximum atomic E-state index is 5.89. The zero-order chi connectivity index (χ0) is 20.9. The number of hydrogen-bond acceptors (Lipinski definition) is 7. The minimum atomic E-state index is -0.103. The van der Waals surface area contributed by atoms with Gasteiger partial charge in [-0.05, 0) is 31.2 Å². The van der Waals surface area contributed by atoms with Crippen molar-refractivity contribution in [2.24, 2.45) is 0 Å². The molecule has 7 nitrogen and oxygen atoms in total. The predicted octanol–water partition coefficient (Wildman–Crippen LogP) is 5.04. The minimum Gasteiger partial charge on any atom is -0.496 e. The van der Waals surface area contributed by atoms with Gasteiger partial charge >= 0.3 is 0 Å². The fourth-order valence-corrected chi connectivity index (χ4v) is 3.89. The van der Waals surface area contributed by atoms with Crippen LogP contribution in [0, 0.1) is 0 Å². The summed E-state index contributed by atoms with van der Waals surface area (Å²) in [5, 5.41) is 17.8. The SMILES string of the molecule is C=CCn1c(S[C@H](C)c2nnc(-c3ccccc3)o2)nnc1-c1ccccc1OC. The number of allylic oxidation sites excluding steroid dienone is 1. The zero-order valence-electron chi connectivity index (χ0n) is 16.7. The van der Waals surface area contributed by atoms with E-state index in [1.807, 2.05) is 72.2 Å². The van der Waals surface area contributed by atoms with Gasteiger partial charge in [-0.15, -0.1) is 27.0 Å². The fraction of sp³-hybridized carbons (Fsp3) is 0.182. The van der Waals surface area contributed by atoms with Gasteiger partial charge in [0, 0.05) is 12.1 Å². The van der Waals surface area contributed by atoms with Gasteiger partial charge in [-0.2, -0.15) is 0 Å². The molecule has 152 valence electrons. The molecule has 0 unspecified atom stereocenters. The summed E-state index contributed by atoms with van der Waals surface area (Å²) in [4.78, 5) is 0. The minimum absolute atomic E-state index is 0.103. The third-order valence-electron chi connectivity index (χ3n) is 4.47. The van der Waals surface area contributed by atoms with Crippen LogP contribution in [0.15, 0.2) is 76.8 Å². The molecule has 0 radical (unpaired) electrons. The summed E-state index contributed by atoms with van der Waals surface area (Å²) < 4.78 is 13.4. The highest BCUT2D eigenvalue weighted by Gasteiger charge is 2.22. The second kappa shape index (κ2) is 8.96. The molecule has 0 fully saturated rings. The molecule has 2 aromatic heterocycles. The zero-order valence-corrected chi connectivity index (χ0v) is 17.5. The van der Waals surface area contributed by atoms with Crippen molar-refractivity contribution < 1.29 is 9.15 Å². The number of para-hydroxylation sites is 1. The van der Waals surface area contributed by atoms with E-state index >= 15 is 0 Å². The standard InChI is InChI=1S/C22H21N5O2S/c1-4-14-27-19(17-12-8-9-13-18(17)28-3)23-26-22(27)30-15(2)20-24-25-21(29-20)16-10-6-5-7-11-16/h4-13,15H,1,14H2,2-3H3/t15-/m1/s1. The van der Waals surface area contributed by atoms with Crippen LogP contribution in [0.25, 0.3) is 22.8 Å². The van der Waals surface area contributed by atoms with Crippen LogP contribution in [0.1, 0.15) is 18.1 Å². The van der Waals surface area contributed by atoms with Crippen LogP contribution < -0.4 is 4.74 Å². The van der Waals surface area contributed by atoms with Gasteiger partial charge in [-0.3, -0.25) is 4.57 Å². The summed E-state index contributed by atoms with van der Waals surface area (Å²) in [6, 6.07) is 17.4. The van der Waals surface area contributed by atoms with Crippen LogP contribution in [0.4, 0.5) is 0 Å². The van der Waals surface area contributed by atoms with Gasteiger partial charge in [-0.25, -0.2) is 0 Å². The molecule has 0 aliphatic carbocycles. The lowest BCUT2D eigenvalue weighted by Gasteiger charge is -2.11. The van der Waals surface area contributed by atoms with Crippen LogP contribution in [0.5, 0.6) is 5.75 Å². The second-order valence-electron chi connectivity index (χ2n) is 6.48. The Kier molecular flexibility index (Phi) is 5.94. The summed E-state index contributed by atoms with van der Waals surface area (Å²) in [5.74, 6) is 2.49. The Labute approximate surface area is 178 Å². The molecule has 0 saturated carbocycles. The summed E-state index contributed by atoms with van der Waals surface area (Å²) in [6.45, 7) is 6.44. The number of methoxy groups -OCH3 is 1. The van der Waals surface area contributed by atoms with E-state index in [0.29, 0.717) is 18.3 Å². The molecular formula is C22H21N5O2S. The van der Waals surface area contributed by atoms with Crippen LogP contribution >= 0.6 is 11.8 Å². The largest absolute Gasteiger partial charge is 0.496 e. The number of nitrogens with zero attached hydrogens (tertiary/aromatic N) is 5. The third kappa shape index (κ3) is 3.99. The Morgan fingerprint density at radius 1 is 1.07 bits per heavy atom. The highest BCUT2D eigenvalue weighted by Crippen LogP contribution is 2.37. The highest BCUT2D eigenvalue weighted by atomic mass is 32.2. The van der Waals surface area contributed by atoms with E-state index in [9.17, 15) is 0 Å². The van der Waals surface area contributed by atoms with Gasteiger partial charge in [-0.1, -0.05) is 48.2 Å². The normalized spacial score (nSPS) is 11.9. The Morgan fingerprint density at radius 2 is 1.83 bits per heavy atom. The first-order valence-corrected chi connectivity index (χ1v) is 10.3. The molecule has 2 heterocycles. The van der Waals surface area contributed by atoms with E-state index in [1.165, 1.54) is 11.8 Å². The lowest BCUT2D eigenvalue weighted by Crippen LogP contribution is -2.02. The quantitative estimate of drug-likeness (QED) is 0.292. The lowest BCUT2D eigenvalue weighted by molar-refractivity contribution is 0.416. The van der Waals surface area contributed by atoms with Crippen molar-refractivity contribution in [2.45, 2.75) is 23.9 Å². The van der Waals surface area contributed by atoms with E-state index in [0.717, 1.165) is 27.9 Å². The first-order chi connectivity index (χ1) is 14.7. The second-order valence-corrected chi connectivity index (χ2v) is 7.79. The van der Waals surface area contributed by atoms with E-state index in [1.54, 1.807) is 7.11 Å². The first kappa shape index (κ1) is 19.9. The molecule has 0 saturated heterocycles. The summed E-state index contributed by atoms with van der Waals surface area (Å²) in [7, 11) is 1.64. The molecule has 1 atom stereocenters. The number of aromatic nitrogens is 5. The number of hydrogen-bond donors (Lipinski definition) is 0. The van der Waals surface area contributed by atoms with E-state index in [-0.39, 0.29) is 5.25 Å². The number of benzene rings is 2. The molecule has 0 aliphatic rings. The van der Waals surface area contributed by atoms with Gasteiger partial charge in [0.15, 0.2) is 11.0 Å². The van der Waals surface area contributed by atoms with Crippen molar-refractivity contribution in [3.05, 3.63) is 73.1 Å². The van der Waals surface area contributed by atoms with Crippen molar-refractivity contribution in [2.75, 3.05) is 7.11 Å². The molecule has 2 aromatic carbocycles. The monoisotopic (exact) mass is 419 g/mol. The lowest BCUT2D eigenvalue weighted by atomic mass is 10.2. The molecule has 4 aromatic rings. The average Bonchev–Trinajstić information content (AvgIpc) is 3.43. The highest BCUT2D eigenvalue weighted by molar-refractivity contribution is 7.99. The molecule has 8 heteroatoms. The van der Waals surface area contributed by atoms with Gasteiger partial charge < -0.3 is 9.15 Å². The molecule has 4 rings (SSSR count). The predicted molar refractivity (Wildman–Crippen MR) is 116 cm³/mol. The van der Waals surface area contributed by atoms with Gasteiger partial charge in [0.25, 0.3) is 0 Å². The Balaban J connectivity index is 1.61. The summed E-state index contributed by atoms with van der Waals surface area (Å²) >= 11 is 1.51.